The quantitative estimate of drug-likeness (QED) is 0.408. The number of benzene rings is 2. The molecule has 5 rings (SSSR count). The monoisotopic (exact) mass is 558 g/mol. The van der Waals surface area contributed by atoms with Gasteiger partial charge in [-0.15, -0.1) is 11.3 Å². The first kappa shape index (κ1) is 27.9. The van der Waals surface area contributed by atoms with Crippen molar-refractivity contribution < 1.29 is 27.5 Å². The highest BCUT2D eigenvalue weighted by Gasteiger charge is 2.44. The van der Waals surface area contributed by atoms with Gasteiger partial charge in [-0.3, -0.25) is 4.79 Å². The average Bonchev–Trinajstić information content (AvgIpc) is 3.35. The van der Waals surface area contributed by atoms with Crippen molar-refractivity contribution in [1.82, 2.24) is 4.31 Å². The molecule has 0 bridgehead atoms. The highest BCUT2D eigenvalue weighted by Crippen LogP contribution is 2.42. The van der Waals surface area contributed by atoms with Crippen LogP contribution < -0.4 is 4.90 Å². The third-order valence-corrected chi connectivity index (χ3v) is 10.2. The number of carbonyl (C=O) groups is 2. The second-order valence-corrected chi connectivity index (χ2v) is 12.4. The molecule has 1 N–H and O–H groups in total. The van der Waals surface area contributed by atoms with Crippen LogP contribution >= 0.6 is 11.3 Å². The van der Waals surface area contributed by atoms with Gasteiger partial charge < -0.3 is 10.0 Å². The van der Waals surface area contributed by atoms with Crippen molar-refractivity contribution >= 4 is 38.9 Å². The molecule has 2 aromatic carbocycles. The van der Waals surface area contributed by atoms with Crippen LogP contribution in [0.2, 0.25) is 0 Å². The number of anilines is 1. The van der Waals surface area contributed by atoms with Gasteiger partial charge in [-0.25, -0.2) is 17.6 Å². The first-order valence-corrected chi connectivity index (χ1v) is 14.5. The van der Waals surface area contributed by atoms with E-state index in [1.807, 2.05) is 30.3 Å². The molecule has 0 radical (unpaired) electrons. The van der Waals surface area contributed by atoms with Crippen molar-refractivity contribution in [2.24, 2.45) is 5.92 Å². The van der Waals surface area contributed by atoms with Gasteiger partial charge in [0.15, 0.2) is 0 Å². The Morgan fingerprint density at radius 2 is 1.66 bits per heavy atom. The summed E-state index contributed by atoms with van der Waals surface area (Å²) in [5.74, 6) is -2.52. The van der Waals surface area contributed by atoms with E-state index in [9.17, 15) is 27.5 Å². The fourth-order valence-corrected chi connectivity index (χ4v) is 7.86. The van der Waals surface area contributed by atoms with E-state index in [4.69, 9.17) is 0 Å². The molecule has 1 atom stereocenters. The van der Waals surface area contributed by atoms with Gasteiger partial charge in [-0.05, 0) is 42.5 Å². The van der Waals surface area contributed by atoms with Crippen LogP contribution in [0.15, 0.2) is 65.6 Å². The van der Waals surface area contributed by atoms with Gasteiger partial charge >= 0.3 is 5.97 Å². The number of aromatic carboxylic acids is 1. The average molecular weight is 559 g/mol. The smallest absolute Gasteiger partial charge is 0.348 e. The summed E-state index contributed by atoms with van der Waals surface area (Å²) >= 11 is 1.10. The maximum Gasteiger partial charge on any atom is 0.348 e. The Morgan fingerprint density at radius 3 is 2.32 bits per heavy atom. The number of hydrogen-bond donors (Lipinski definition) is 1. The summed E-state index contributed by atoms with van der Waals surface area (Å²) in [7, 11) is -4.27. The summed E-state index contributed by atoms with van der Waals surface area (Å²) in [6.45, 7) is -0.516. The standard InChI is InChI=1S/C27H27FN2O5S2.CH4/c28-20-13-7-8-14-24(20)37(34,35)29-16-22(18-9-3-1-4-10-18)30(25(31)17-29)21-15-23(36-26(21)27(32)33)19-11-5-2-6-12-19;/h2,5-8,11-15,18,22H,1,3-4,9-10,16-17H2,(H,32,33);1H4. The van der Waals surface area contributed by atoms with Gasteiger partial charge in [0, 0.05) is 11.4 Å². The summed E-state index contributed by atoms with van der Waals surface area (Å²) < 4.78 is 42.3. The molecule has 1 saturated carbocycles. The minimum atomic E-state index is -4.27. The van der Waals surface area contributed by atoms with Crippen molar-refractivity contribution in [3.05, 3.63) is 71.4 Å². The molecule has 2 aliphatic rings. The summed E-state index contributed by atoms with van der Waals surface area (Å²) in [6, 6.07) is 15.6. The zero-order valence-corrected chi connectivity index (χ0v) is 21.7. The number of carboxylic acids is 1. The molecule has 1 aliphatic heterocycles. The molecule has 1 aliphatic carbocycles. The van der Waals surface area contributed by atoms with Crippen LogP contribution in [-0.2, 0) is 14.8 Å². The van der Waals surface area contributed by atoms with Crippen molar-refractivity contribution in [3.8, 4) is 10.4 Å². The Balaban J connectivity index is 0.00000336. The fourth-order valence-electron chi connectivity index (χ4n) is 5.39. The van der Waals surface area contributed by atoms with Crippen LogP contribution in [0.1, 0.15) is 49.2 Å². The zero-order valence-electron chi connectivity index (χ0n) is 20.0. The van der Waals surface area contributed by atoms with E-state index >= 15 is 0 Å². The molecule has 1 unspecified atom stereocenters. The van der Waals surface area contributed by atoms with Crippen LogP contribution in [0.25, 0.3) is 10.4 Å². The second kappa shape index (κ2) is 11.3. The maximum absolute atomic E-state index is 14.5. The number of carboxylic acid groups (broad SMARTS) is 1. The fraction of sp³-hybridized carbons (Fsp3) is 0.357. The van der Waals surface area contributed by atoms with Crippen molar-refractivity contribution in [2.45, 2.75) is 50.5 Å². The molecule has 2 fully saturated rings. The highest BCUT2D eigenvalue weighted by atomic mass is 32.2. The van der Waals surface area contributed by atoms with E-state index in [1.54, 1.807) is 6.07 Å². The molecule has 0 spiro atoms. The predicted octanol–water partition coefficient (Wildman–Crippen LogP) is 5.87. The molecular formula is C28H31FN2O5S2. The van der Waals surface area contributed by atoms with Gasteiger partial charge in [0.1, 0.15) is 15.6 Å². The number of sulfonamides is 1. The van der Waals surface area contributed by atoms with E-state index in [0.29, 0.717) is 10.6 Å². The van der Waals surface area contributed by atoms with Crippen molar-refractivity contribution in [3.63, 3.8) is 0 Å². The van der Waals surface area contributed by atoms with E-state index in [-0.39, 0.29) is 24.8 Å². The lowest BCUT2D eigenvalue weighted by Crippen LogP contribution is -2.60. The molecule has 2 heterocycles. The minimum Gasteiger partial charge on any atom is -0.477 e. The van der Waals surface area contributed by atoms with E-state index in [2.05, 4.69) is 0 Å². The number of amides is 1. The number of carbonyl (C=O) groups excluding carboxylic acids is 1. The molecule has 38 heavy (non-hydrogen) atoms. The van der Waals surface area contributed by atoms with Gasteiger partial charge in [-0.1, -0.05) is 69.2 Å². The molecule has 202 valence electrons. The van der Waals surface area contributed by atoms with Gasteiger partial charge in [0.25, 0.3) is 0 Å². The van der Waals surface area contributed by atoms with Gasteiger partial charge in [0.05, 0.1) is 18.3 Å². The molecule has 1 aromatic heterocycles. The number of nitrogens with zero attached hydrogens (tertiary/aromatic N) is 2. The lowest BCUT2D eigenvalue weighted by Gasteiger charge is -2.44. The Bertz CT molecular complexity index is 1420. The third-order valence-electron chi connectivity index (χ3n) is 7.18. The second-order valence-electron chi connectivity index (χ2n) is 9.45. The lowest BCUT2D eigenvalue weighted by atomic mass is 9.82. The van der Waals surface area contributed by atoms with Crippen LogP contribution in [0.4, 0.5) is 10.1 Å². The SMILES string of the molecule is C.O=C(O)c1sc(-c2ccccc2)cc1N1C(=O)CN(S(=O)(=O)c2ccccc2F)CC1C1CCCCC1. The molecule has 3 aromatic rings. The molecule has 7 nitrogen and oxygen atoms in total. The van der Waals surface area contributed by atoms with Gasteiger partial charge in [0.2, 0.25) is 15.9 Å². The number of halogens is 1. The number of piperazine rings is 1. The summed E-state index contributed by atoms with van der Waals surface area (Å²) in [5, 5.41) is 10.0. The normalized spacial score (nSPS) is 19.2. The van der Waals surface area contributed by atoms with Crippen LogP contribution in [0.5, 0.6) is 0 Å². The largest absolute Gasteiger partial charge is 0.477 e. The van der Waals surface area contributed by atoms with Gasteiger partial charge in [-0.2, -0.15) is 4.31 Å². The Hall–Kier alpha value is -3.08. The molecule has 10 heteroatoms. The number of hydrogen-bond acceptors (Lipinski definition) is 5. The molecule has 1 amide bonds. The molecular weight excluding hydrogens is 527 g/mol. The topological polar surface area (TPSA) is 95.0 Å². The predicted molar refractivity (Wildman–Crippen MR) is 146 cm³/mol. The Kier molecular flexibility index (Phi) is 8.34. The third kappa shape index (κ3) is 5.25. The van der Waals surface area contributed by atoms with E-state index in [1.165, 1.54) is 23.1 Å². The van der Waals surface area contributed by atoms with Crippen LogP contribution in [0, 0.1) is 11.7 Å². The summed E-state index contributed by atoms with van der Waals surface area (Å²) in [6.07, 6.45) is 4.58. The highest BCUT2D eigenvalue weighted by molar-refractivity contribution is 7.89. The summed E-state index contributed by atoms with van der Waals surface area (Å²) in [5.41, 5.74) is 1.13. The lowest BCUT2D eigenvalue weighted by molar-refractivity contribution is -0.121. The first-order valence-electron chi connectivity index (χ1n) is 12.3. The molecule has 1 saturated heterocycles. The first-order chi connectivity index (χ1) is 17.8. The Labute approximate surface area is 226 Å². The zero-order chi connectivity index (χ0) is 26.2. The van der Waals surface area contributed by atoms with E-state index < -0.39 is 45.2 Å². The van der Waals surface area contributed by atoms with Crippen LogP contribution in [-0.4, -0.2) is 48.8 Å². The maximum atomic E-state index is 14.5. The summed E-state index contributed by atoms with van der Waals surface area (Å²) in [4.78, 5) is 27.7. The van der Waals surface area contributed by atoms with Crippen molar-refractivity contribution in [1.29, 1.82) is 0 Å². The van der Waals surface area contributed by atoms with E-state index in [0.717, 1.165) is 59.4 Å². The number of thiophene rings is 1. The minimum absolute atomic E-state index is 0. The number of rotatable bonds is 6. The van der Waals surface area contributed by atoms with Crippen molar-refractivity contribution in [2.75, 3.05) is 18.0 Å². The van der Waals surface area contributed by atoms with Crippen LogP contribution in [0.3, 0.4) is 0 Å². The Morgan fingerprint density at radius 1 is 1.00 bits per heavy atom.